The van der Waals surface area contributed by atoms with E-state index in [9.17, 15) is 4.79 Å². The summed E-state index contributed by atoms with van der Waals surface area (Å²) in [5.41, 5.74) is 6.66. The minimum atomic E-state index is -0.118. The highest BCUT2D eigenvalue weighted by molar-refractivity contribution is 5.86. The average molecular weight is 274 g/mol. The first-order chi connectivity index (χ1) is 9.63. The van der Waals surface area contributed by atoms with Gasteiger partial charge in [-0.05, 0) is 0 Å². The van der Waals surface area contributed by atoms with Crippen LogP contribution in [0.25, 0.3) is 11.0 Å². The number of carbonyl (C=O) groups is 1. The minimum Gasteiger partial charge on any atom is -0.465 e. The molecule has 4 heterocycles. The molecule has 2 fully saturated rings. The first-order valence-electron chi connectivity index (χ1n) is 6.50. The van der Waals surface area contributed by atoms with Gasteiger partial charge in [0, 0.05) is 26.1 Å². The number of fused-ring (bicyclic) bond motifs is 2. The molecule has 20 heavy (non-hydrogen) atoms. The van der Waals surface area contributed by atoms with Gasteiger partial charge in [0.05, 0.1) is 24.1 Å². The van der Waals surface area contributed by atoms with Crippen LogP contribution >= 0.6 is 0 Å². The predicted octanol–water partition coefficient (Wildman–Crippen LogP) is -0.445. The van der Waals surface area contributed by atoms with Crippen molar-refractivity contribution < 1.29 is 9.53 Å². The number of esters is 1. The maximum absolute atomic E-state index is 11.6. The van der Waals surface area contributed by atoms with Crippen molar-refractivity contribution in [2.75, 3.05) is 30.3 Å². The maximum Gasteiger partial charge on any atom is 0.311 e. The fourth-order valence-electron chi connectivity index (χ4n) is 2.94. The van der Waals surface area contributed by atoms with Crippen LogP contribution in [0.4, 0.5) is 11.8 Å². The molecule has 4 rings (SSSR count). The molecule has 2 N–H and O–H groups in total. The molecule has 0 aromatic carbocycles. The van der Waals surface area contributed by atoms with Gasteiger partial charge in [0.1, 0.15) is 5.82 Å². The van der Waals surface area contributed by atoms with E-state index < -0.39 is 0 Å². The van der Waals surface area contributed by atoms with Gasteiger partial charge in [0.2, 0.25) is 5.95 Å². The van der Waals surface area contributed by atoms with E-state index in [0.29, 0.717) is 30.6 Å². The summed E-state index contributed by atoms with van der Waals surface area (Å²) in [5.74, 6) is 1.02. The zero-order valence-electron chi connectivity index (χ0n) is 11.0. The number of nitrogens with zero attached hydrogens (tertiary/aromatic N) is 5. The van der Waals surface area contributed by atoms with Crippen molar-refractivity contribution in [3.8, 4) is 0 Å². The van der Waals surface area contributed by atoms with Crippen molar-refractivity contribution in [1.29, 1.82) is 0 Å². The SMILES string of the molecule is Cn1ncc2c(N)nc(N3C[C@@H]4COC(=O)[C@@H]4C3)nc21. The van der Waals surface area contributed by atoms with Crippen LogP contribution in [-0.2, 0) is 16.6 Å². The molecule has 0 aliphatic carbocycles. The summed E-state index contributed by atoms with van der Waals surface area (Å²) in [6, 6.07) is 0. The predicted molar refractivity (Wildman–Crippen MR) is 70.9 cm³/mol. The number of rotatable bonds is 1. The van der Waals surface area contributed by atoms with Gasteiger partial charge in [-0.1, -0.05) is 0 Å². The quantitative estimate of drug-likeness (QED) is 0.703. The molecule has 0 radical (unpaired) electrons. The number of aryl methyl sites for hydroxylation is 1. The zero-order chi connectivity index (χ0) is 13.9. The van der Waals surface area contributed by atoms with Crippen LogP contribution in [-0.4, -0.2) is 45.4 Å². The highest BCUT2D eigenvalue weighted by Gasteiger charge is 2.44. The second-order valence-electron chi connectivity index (χ2n) is 5.32. The Morgan fingerprint density at radius 3 is 3.05 bits per heavy atom. The Labute approximate surface area is 114 Å². The van der Waals surface area contributed by atoms with Crippen LogP contribution in [0.5, 0.6) is 0 Å². The van der Waals surface area contributed by atoms with Crippen LogP contribution in [0.1, 0.15) is 0 Å². The minimum absolute atomic E-state index is 0.0675. The molecule has 8 heteroatoms. The van der Waals surface area contributed by atoms with E-state index in [1.165, 1.54) is 0 Å². The molecule has 2 aromatic heterocycles. The Kier molecular flexibility index (Phi) is 2.18. The van der Waals surface area contributed by atoms with Crippen molar-refractivity contribution in [1.82, 2.24) is 19.7 Å². The number of nitrogen functional groups attached to an aromatic ring is 1. The number of cyclic esters (lactones) is 1. The van der Waals surface area contributed by atoms with Gasteiger partial charge in [0.15, 0.2) is 5.65 Å². The third-order valence-electron chi connectivity index (χ3n) is 4.08. The van der Waals surface area contributed by atoms with E-state index in [4.69, 9.17) is 10.5 Å². The average Bonchev–Trinajstić information content (AvgIpc) is 3.08. The lowest BCUT2D eigenvalue weighted by Gasteiger charge is -2.17. The lowest BCUT2D eigenvalue weighted by molar-refractivity contribution is -0.140. The molecule has 0 saturated carbocycles. The van der Waals surface area contributed by atoms with Crippen LogP contribution in [0.2, 0.25) is 0 Å². The fourth-order valence-corrected chi connectivity index (χ4v) is 2.94. The van der Waals surface area contributed by atoms with Gasteiger partial charge in [-0.3, -0.25) is 9.48 Å². The standard InChI is InChI=1S/C12H14N6O2/c1-17-10-7(2-14-17)9(13)15-12(16-10)18-3-6-5-20-11(19)8(6)4-18/h2,6,8H,3-5H2,1H3,(H2,13,15,16)/t6-,8-/m1/s1. The molecule has 0 amide bonds. The van der Waals surface area contributed by atoms with Crippen molar-refractivity contribution in [3.05, 3.63) is 6.20 Å². The van der Waals surface area contributed by atoms with E-state index in [0.717, 1.165) is 11.9 Å². The molecular formula is C12H14N6O2. The Balaban J connectivity index is 1.73. The Bertz CT molecular complexity index is 711. The monoisotopic (exact) mass is 274 g/mol. The maximum atomic E-state index is 11.6. The molecule has 2 atom stereocenters. The molecule has 0 spiro atoms. The fraction of sp³-hybridized carbons (Fsp3) is 0.500. The van der Waals surface area contributed by atoms with Crippen molar-refractivity contribution in [2.45, 2.75) is 0 Å². The van der Waals surface area contributed by atoms with Crippen molar-refractivity contribution in [2.24, 2.45) is 18.9 Å². The van der Waals surface area contributed by atoms with Gasteiger partial charge in [-0.25, -0.2) is 0 Å². The van der Waals surface area contributed by atoms with Crippen LogP contribution in [0.15, 0.2) is 6.20 Å². The third-order valence-corrected chi connectivity index (χ3v) is 4.08. The summed E-state index contributed by atoms with van der Waals surface area (Å²) in [5, 5.41) is 4.88. The second-order valence-corrected chi connectivity index (χ2v) is 5.32. The molecule has 0 unspecified atom stereocenters. The summed E-state index contributed by atoms with van der Waals surface area (Å²) >= 11 is 0. The van der Waals surface area contributed by atoms with E-state index in [-0.39, 0.29) is 17.8 Å². The first kappa shape index (κ1) is 11.4. The number of ether oxygens (including phenoxy) is 1. The number of hydrogen-bond donors (Lipinski definition) is 1. The first-order valence-corrected chi connectivity index (χ1v) is 6.50. The highest BCUT2D eigenvalue weighted by Crippen LogP contribution is 2.33. The largest absolute Gasteiger partial charge is 0.465 e. The number of anilines is 2. The van der Waals surface area contributed by atoms with Gasteiger partial charge in [-0.15, -0.1) is 0 Å². The lowest BCUT2D eigenvalue weighted by Crippen LogP contribution is -2.25. The van der Waals surface area contributed by atoms with Gasteiger partial charge >= 0.3 is 5.97 Å². The molecule has 2 saturated heterocycles. The molecule has 0 bridgehead atoms. The highest BCUT2D eigenvalue weighted by atomic mass is 16.5. The molecule has 2 aliphatic heterocycles. The summed E-state index contributed by atoms with van der Waals surface area (Å²) in [7, 11) is 1.81. The number of hydrogen-bond acceptors (Lipinski definition) is 7. The van der Waals surface area contributed by atoms with Gasteiger partial charge < -0.3 is 15.4 Å². The van der Waals surface area contributed by atoms with Crippen LogP contribution in [0, 0.1) is 11.8 Å². The van der Waals surface area contributed by atoms with E-state index in [2.05, 4.69) is 15.1 Å². The molecular weight excluding hydrogens is 260 g/mol. The number of aromatic nitrogens is 4. The zero-order valence-corrected chi connectivity index (χ0v) is 11.0. The molecule has 2 aliphatic rings. The Hall–Kier alpha value is -2.38. The molecule has 8 nitrogen and oxygen atoms in total. The second kappa shape index (κ2) is 3.81. The van der Waals surface area contributed by atoms with E-state index in [1.54, 1.807) is 10.9 Å². The summed E-state index contributed by atoms with van der Waals surface area (Å²) in [6.45, 7) is 1.80. The topological polar surface area (TPSA) is 99.2 Å². The van der Waals surface area contributed by atoms with Crippen LogP contribution in [0.3, 0.4) is 0 Å². The van der Waals surface area contributed by atoms with Crippen LogP contribution < -0.4 is 10.6 Å². The summed E-state index contributed by atoms with van der Waals surface area (Å²) in [4.78, 5) is 22.4. The lowest BCUT2D eigenvalue weighted by atomic mass is 10.0. The van der Waals surface area contributed by atoms with E-state index in [1.807, 2.05) is 11.9 Å². The normalized spacial score (nSPS) is 25.2. The van der Waals surface area contributed by atoms with Gasteiger partial charge in [0.25, 0.3) is 0 Å². The van der Waals surface area contributed by atoms with Gasteiger partial charge in [-0.2, -0.15) is 15.1 Å². The smallest absolute Gasteiger partial charge is 0.311 e. The number of carbonyl (C=O) groups excluding carboxylic acids is 1. The Morgan fingerprint density at radius 1 is 1.40 bits per heavy atom. The molecule has 104 valence electrons. The van der Waals surface area contributed by atoms with Crippen molar-refractivity contribution in [3.63, 3.8) is 0 Å². The van der Waals surface area contributed by atoms with E-state index >= 15 is 0 Å². The Morgan fingerprint density at radius 2 is 2.25 bits per heavy atom. The third kappa shape index (κ3) is 1.47. The summed E-state index contributed by atoms with van der Waals surface area (Å²) < 4.78 is 6.73. The summed E-state index contributed by atoms with van der Waals surface area (Å²) in [6.07, 6.45) is 1.66. The number of nitrogens with two attached hydrogens (primary N) is 1. The van der Waals surface area contributed by atoms with Crippen molar-refractivity contribution >= 4 is 28.8 Å². The molecule has 2 aromatic rings.